The van der Waals surface area contributed by atoms with E-state index >= 15 is 0 Å². The van der Waals surface area contributed by atoms with Crippen LogP contribution in [0, 0.1) is 23.7 Å². The van der Waals surface area contributed by atoms with Crippen molar-refractivity contribution in [2.45, 2.75) is 162 Å². The molecule has 362 valence electrons. The summed E-state index contributed by atoms with van der Waals surface area (Å²) in [6.45, 7) is 14.6. The maximum absolute atomic E-state index is 14.1. The van der Waals surface area contributed by atoms with E-state index in [0.717, 1.165) is 0 Å². The monoisotopic (exact) mass is 899 g/mol. The van der Waals surface area contributed by atoms with Gasteiger partial charge in [0.1, 0.15) is 36.3 Å². The molecule has 1 aliphatic rings. The minimum absolute atomic E-state index is 0.0250. The van der Waals surface area contributed by atoms with Gasteiger partial charge in [-0.2, -0.15) is 0 Å². The standard InChI is InChI=1S/C43H78N8O12/c1-25(2)19-32(45-29(9)54)37(56)48-34(21-27(5)6)39(58)47-31-14-18-63-16-11-10-15-62-17-12-13-30(36(44)55)46-38(57)33(20-26(3)4)49-40(59)35(22-28(7)8)50-42(61)43(23-52,24-53)51-41(31)60/h25-28,30-35,52-53H,10-24H2,1-9H3,(H2,44,55)(H,45,54)(H,46,57)(H,47,58)(H,48,56)(H,49,59)(H,50,61)(H,51,60)/t30-,31?,32-,33-,34-,35-/m0/s1. The molecular formula is C43H78N8O12. The van der Waals surface area contributed by atoms with Crippen LogP contribution < -0.4 is 43.0 Å². The number of carbonyl (C=O) groups is 8. The Morgan fingerprint density at radius 1 is 0.667 bits per heavy atom. The quantitative estimate of drug-likeness (QED) is 0.0932. The third kappa shape index (κ3) is 21.7. The van der Waals surface area contributed by atoms with E-state index in [9.17, 15) is 48.6 Å². The number of carbonyl (C=O) groups excluding carboxylic acids is 8. The topological polar surface area (TPSA) is 306 Å². The molecular weight excluding hydrogens is 821 g/mol. The van der Waals surface area contributed by atoms with E-state index in [2.05, 4.69) is 37.2 Å². The van der Waals surface area contributed by atoms with Crippen LogP contribution in [-0.2, 0) is 47.8 Å². The first kappa shape index (κ1) is 56.6. The number of nitrogens with two attached hydrogens (primary N) is 1. The summed E-state index contributed by atoms with van der Waals surface area (Å²) in [7, 11) is 0. The lowest BCUT2D eigenvalue weighted by Gasteiger charge is -2.34. The van der Waals surface area contributed by atoms with Crippen LogP contribution in [0.5, 0.6) is 0 Å². The third-order valence-electron chi connectivity index (χ3n) is 10.2. The zero-order chi connectivity index (χ0) is 47.9. The molecule has 0 radical (unpaired) electrons. The highest BCUT2D eigenvalue weighted by atomic mass is 16.5. The van der Waals surface area contributed by atoms with Crippen LogP contribution in [0.1, 0.15) is 120 Å². The van der Waals surface area contributed by atoms with Crippen molar-refractivity contribution in [3.05, 3.63) is 0 Å². The molecule has 1 fully saturated rings. The van der Waals surface area contributed by atoms with Crippen LogP contribution in [-0.4, -0.2) is 139 Å². The molecule has 0 saturated carbocycles. The average Bonchev–Trinajstić information content (AvgIpc) is 3.18. The molecule has 1 saturated heterocycles. The molecule has 6 atom stereocenters. The largest absolute Gasteiger partial charge is 0.393 e. The number of rotatable bonds is 16. The SMILES string of the molecule is CC(=O)N[C@@H](CC(C)C)C(=O)N[C@@H](CC(C)C)C(=O)NC1CCOCCCCOCCC[C@@H](C(N)=O)NC(=O)[C@H](CC(C)C)NC(=O)[C@H](CC(C)C)NC(=O)C(CO)(CO)NC1=O. The Hall–Kier alpha value is -4.40. The minimum Gasteiger partial charge on any atom is -0.393 e. The van der Waals surface area contributed by atoms with E-state index in [-0.39, 0.29) is 75.6 Å². The molecule has 0 aromatic carbocycles. The molecule has 63 heavy (non-hydrogen) atoms. The van der Waals surface area contributed by atoms with Gasteiger partial charge >= 0.3 is 0 Å². The van der Waals surface area contributed by atoms with Crippen molar-refractivity contribution in [3.8, 4) is 0 Å². The Balaban J connectivity index is 3.62. The number of hydrogen-bond donors (Lipinski definition) is 10. The van der Waals surface area contributed by atoms with Crippen molar-refractivity contribution in [1.29, 1.82) is 0 Å². The van der Waals surface area contributed by atoms with Crippen molar-refractivity contribution in [3.63, 3.8) is 0 Å². The molecule has 0 aliphatic carbocycles. The van der Waals surface area contributed by atoms with Gasteiger partial charge < -0.3 is 62.6 Å². The molecule has 0 bridgehead atoms. The van der Waals surface area contributed by atoms with Crippen molar-refractivity contribution >= 4 is 47.3 Å². The van der Waals surface area contributed by atoms with Gasteiger partial charge in [-0.05, 0) is 81.5 Å². The van der Waals surface area contributed by atoms with Gasteiger partial charge in [0.25, 0.3) is 5.91 Å². The molecule has 1 unspecified atom stereocenters. The Morgan fingerprint density at radius 3 is 1.65 bits per heavy atom. The predicted octanol–water partition coefficient (Wildman–Crippen LogP) is -0.578. The summed E-state index contributed by atoms with van der Waals surface area (Å²) in [4.78, 5) is 107. The van der Waals surface area contributed by atoms with Crippen molar-refractivity contribution in [2.75, 3.05) is 39.6 Å². The molecule has 20 heteroatoms. The molecule has 1 aliphatic heterocycles. The first-order valence-electron chi connectivity index (χ1n) is 22.3. The molecule has 0 aromatic heterocycles. The van der Waals surface area contributed by atoms with E-state index in [1.54, 1.807) is 13.8 Å². The minimum atomic E-state index is -2.42. The van der Waals surface area contributed by atoms with Gasteiger partial charge in [0.15, 0.2) is 5.54 Å². The predicted molar refractivity (Wildman–Crippen MR) is 234 cm³/mol. The van der Waals surface area contributed by atoms with Crippen LogP contribution in [0.3, 0.4) is 0 Å². The maximum Gasteiger partial charge on any atom is 0.251 e. The lowest BCUT2D eigenvalue weighted by Crippen LogP contribution is -2.68. The summed E-state index contributed by atoms with van der Waals surface area (Å²) < 4.78 is 11.5. The summed E-state index contributed by atoms with van der Waals surface area (Å²) in [5.74, 6) is -6.45. The fourth-order valence-electron chi connectivity index (χ4n) is 6.85. The summed E-state index contributed by atoms with van der Waals surface area (Å²) in [6, 6.07) is -7.01. The normalized spacial score (nSPS) is 22.8. The summed E-state index contributed by atoms with van der Waals surface area (Å²) in [5, 5.41) is 39.5. The number of nitrogens with one attached hydrogen (secondary N) is 7. The molecule has 11 N–H and O–H groups in total. The second-order valence-corrected chi connectivity index (χ2v) is 18.2. The Morgan fingerprint density at radius 2 is 1.16 bits per heavy atom. The average molecular weight is 899 g/mol. The van der Waals surface area contributed by atoms with Gasteiger partial charge in [0, 0.05) is 33.4 Å². The lowest BCUT2D eigenvalue weighted by atomic mass is 9.96. The molecule has 1 rings (SSSR count). The fraction of sp³-hybridized carbons (Fsp3) is 0.814. The molecule has 1 heterocycles. The van der Waals surface area contributed by atoms with E-state index in [1.807, 2.05) is 41.5 Å². The van der Waals surface area contributed by atoms with Crippen LogP contribution >= 0.6 is 0 Å². The smallest absolute Gasteiger partial charge is 0.251 e. The van der Waals surface area contributed by atoms with E-state index in [4.69, 9.17) is 15.2 Å². The highest BCUT2D eigenvalue weighted by Gasteiger charge is 2.43. The second kappa shape index (κ2) is 29.1. The first-order valence-corrected chi connectivity index (χ1v) is 22.3. The van der Waals surface area contributed by atoms with Crippen LogP contribution in [0.15, 0.2) is 0 Å². The van der Waals surface area contributed by atoms with Crippen LogP contribution in [0.2, 0.25) is 0 Å². The van der Waals surface area contributed by atoms with Gasteiger partial charge in [0.2, 0.25) is 41.4 Å². The van der Waals surface area contributed by atoms with Crippen molar-refractivity contribution < 1.29 is 58.0 Å². The number of aliphatic hydroxyl groups is 2. The van der Waals surface area contributed by atoms with Gasteiger partial charge in [-0.25, -0.2) is 0 Å². The Labute approximate surface area is 372 Å². The summed E-state index contributed by atoms with van der Waals surface area (Å²) in [6.07, 6.45) is 2.27. The van der Waals surface area contributed by atoms with Gasteiger partial charge in [-0.15, -0.1) is 0 Å². The first-order chi connectivity index (χ1) is 29.5. The molecule has 8 amide bonds. The van der Waals surface area contributed by atoms with E-state index in [0.29, 0.717) is 32.3 Å². The number of amides is 8. The van der Waals surface area contributed by atoms with Gasteiger partial charge in [0.05, 0.1) is 13.2 Å². The molecule has 0 spiro atoms. The third-order valence-corrected chi connectivity index (χ3v) is 10.2. The Kier molecular flexibility index (Phi) is 26.2. The van der Waals surface area contributed by atoms with Gasteiger partial charge in [-0.3, -0.25) is 38.4 Å². The highest BCUT2D eigenvalue weighted by molar-refractivity contribution is 5.99. The zero-order valence-electron chi connectivity index (χ0n) is 38.9. The van der Waals surface area contributed by atoms with Crippen molar-refractivity contribution in [2.24, 2.45) is 29.4 Å². The second-order valence-electron chi connectivity index (χ2n) is 18.2. The number of ether oxygens (including phenoxy) is 2. The van der Waals surface area contributed by atoms with Crippen LogP contribution in [0.4, 0.5) is 0 Å². The van der Waals surface area contributed by atoms with Crippen LogP contribution in [0.25, 0.3) is 0 Å². The summed E-state index contributed by atoms with van der Waals surface area (Å²) >= 11 is 0. The number of aliphatic hydroxyl groups excluding tert-OH is 2. The molecule has 20 nitrogen and oxygen atoms in total. The lowest BCUT2D eigenvalue weighted by molar-refractivity contribution is -0.141. The fourth-order valence-corrected chi connectivity index (χ4v) is 6.85. The summed E-state index contributed by atoms with van der Waals surface area (Å²) in [5.41, 5.74) is 3.20. The maximum atomic E-state index is 14.1. The number of primary amides is 1. The van der Waals surface area contributed by atoms with Crippen molar-refractivity contribution in [1.82, 2.24) is 37.2 Å². The zero-order valence-corrected chi connectivity index (χ0v) is 38.9. The molecule has 0 aromatic rings. The number of hydrogen-bond acceptors (Lipinski definition) is 12. The van der Waals surface area contributed by atoms with Gasteiger partial charge in [-0.1, -0.05) is 55.4 Å². The van der Waals surface area contributed by atoms with E-state index < -0.39 is 102 Å². The van der Waals surface area contributed by atoms with E-state index in [1.165, 1.54) is 6.92 Å². The Bertz CT molecular complexity index is 1490. The highest BCUT2D eigenvalue weighted by Crippen LogP contribution is 2.14.